The molecule has 8 heteroatoms. The third-order valence-electron chi connectivity index (χ3n) is 2.75. The van der Waals surface area contributed by atoms with Gasteiger partial charge in [-0.1, -0.05) is 13.8 Å². The highest BCUT2D eigenvalue weighted by molar-refractivity contribution is 7.99. The van der Waals surface area contributed by atoms with Gasteiger partial charge in [-0.3, -0.25) is 14.5 Å². The van der Waals surface area contributed by atoms with Crippen LogP contribution in [0.1, 0.15) is 20.8 Å². The van der Waals surface area contributed by atoms with E-state index in [1.807, 2.05) is 13.8 Å². The minimum Gasteiger partial charge on any atom is -0.449 e. The molecule has 20 heavy (non-hydrogen) atoms. The zero-order valence-corrected chi connectivity index (χ0v) is 12.7. The molecule has 1 aliphatic rings. The van der Waals surface area contributed by atoms with Crippen LogP contribution >= 0.6 is 11.8 Å². The average molecular weight is 303 g/mol. The van der Waals surface area contributed by atoms with Crippen LogP contribution in [0, 0.1) is 5.92 Å². The molecule has 1 unspecified atom stereocenters. The Balaban J connectivity index is 2.57. The first-order chi connectivity index (χ1) is 9.32. The average Bonchev–Trinajstić information content (AvgIpc) is 2.84. The van der Waals surface area contributed by atoms with Crippen LogP contribution in [0.15, 0.2) is 0 Å². The van der Waals surface area contributed by atoms with Gasteiger partial charge in [0.1, 0.15) is 12.1 Å². The Morgan fingerprint density at radius 2 is 2.05 bits per heavy atom. The standard InChI is InChI=1S/C12H21N3O4S/c1-7(2)4-19-12(18)15-6-20-5-9(15)11(17)14-8(3)10(13)16/h7-9H,4-6H2,1-3H3,(H2,13,16)(H,14,17)/t8?,9-/m0/s1. The predicted molar refractivity (Wildman–Crippen MR) is 75.9 cm³/mol. The SMILES string of the molecule is CC(C)COC(=O)N1CSC[C@H]1C(=O)NC(C)C(N)=O. The summed E-state index contributed by atoms with van der Waals surface area (Å²) in [5, 5.41) is 2.49. The van der Waals surface area contributed by atoms with Gasteiger partial charge in [0.2, 0.25) is 11.8 Å². The Morgan fingerprint density at radius 1 is 1.40 bits per heavy atom. The van der Waals surface area contributed by atoms with Crippen LogP contribution in [0.5, 0.6) is 0 Å². The molecule has 2 atom stereocenters. The summed E-state index contributed by atoms with van der Waals surface area (Å²) in [5.74, 6) is 0.116. The predicted octanol–water partition coefficient (Wildman–Crippen LogP) is 0.144. The molecule has 0 saturated carbocycles. The first-order valence-electron chi connectivity index (χ1n) is 6.43. The van der Waals surface area contributed by atoms with E-state index in [1.165, 1.54) is 23.6 Å². The van der Waals surface area contributed by atoms with E-state index < -0.39 is 24.1 Å². The fraction of sp³-hybridized carbons (Fsp3) is 0.750. The lowest BCUT2D eigenvalue weighted by Gasteiger charge is -2.23. The summed E-state index contributed by atoms with van der Waals surface area (Å²) in [5.41, 5.74) is 5.09. The number of nitrogens with two attached hydrogens (primary N) is 1. The van der Waals surface area contributed by atoms with Crippen LogP contribution in [0.4, 0.5) is 4.79 Å². The fourth-order valence-corrected chi connectivity index (χ4v) is 2.68. The summed E-state index contributed by atoms with van der Waals surface area (Å²) in [6, 6.07) is -1.39. The van der Waals surface area contributed by atoms with E-state index in [9.17, 15) is 14.4 Å². The van der Waals surface area contributed by atoms with E-state index >= 15 is 0 Å². The molecule has 0 bridgehead atoms. The zero-order chi connectivity index (χ0) is 15.3. The van der Waals surface area contributed by atoms with Crippen LogP contribution in [-0.4, -0.2) is 53.1 Å². The third-order valence-corrected chi connectivity index (χ3v) is 3.76. The van der Waals surface area contributed by atoms with Crippen molar-refractivity contribution in [1.82, 2.24) is 10.2 Å². The molecule has 1 heterocycles. The minimum atomic E-state index is -0.762. The molecule has 1 saturated heterocycles. The van der Waals surface area contributed by atoms with Gasteiger partial charge in [0.15, 0.2) is 0 Å². The Morgan fingerprint density at radius 3 is 2.60 bits per heavy atom. The molecule has 0 aliphatic carbocycles. The van der Waals surface area contributed by atoms with E-state index in [2.05, 4.69) is 5.32 Å². The largest absolute Gasteiger partial charge is 0.449 e. The summed E-state index contributed by atoms with van der Waals surface area (Å²) < 4.78 is 5.12. The number of thioether (sulfide) groups is 1. The minimum absolute atomic E-state index is 0.233. The molecule has 3 amide bonds. The van der Waals surface area contributed by atoms with Gasteiger partial charge in [-0.05, 0) is 12.8 Å². The van der Waals surface area contributed by atoms with Gasteiger partial charge in [-0.15, -0.1) is 11.8 Å². The normalized spacial score (nSPS) is 19.8. The van der Waals surface area contributed by atoms with Gasteiger partial charge in [0.05, 0.1) is 12.5 Å². The maximum atomic E-state index is 12.0. The molecule has 1 aliphatic heterocycles. The summed E-state index contributed by atoms with van der Waals surface area (Å²) in [6.45, 7) is 5.69. The Labute approximate surface area is 122 Å². The number of carbonyl (C=O) groups excluding carboxylic acids is 3. The summed E-state index contributed by atoms with van der Waals surface area (Å²) in [7, 11) is 0. The molecule has 3 N–H and O–H groups in total. The van der Waals surface area contributed by atoms with Crippen molar-refractivity contribution in [2.24, 2.45) is 11.7 Å². The lowest BCUT2D eigenvalue weighted by Crippen LogP contribution is -2.52. The van der Waals surface area contributed by atoms with Crippen molar-refractivity contribution in [3.8, 4) is 0 Å². The van der Waals surface area contributed by atoms with Crippen molar-refractivity contribution in [2.75, 3.05) is 18.2 Å². The molecule has 7 nitrogen and oxygen atoms in total. The topological polar surface area (TPSA) is 102 Å². The number of nitrogens with one attached hydrogen (secondary N) is 1. The van der Waals surface area contributed by atoms with Crippen LogP contribution in [0.3, 0.4) is 0 Å². The second-order valence-corrected chi connectivity index (χ2v) is 6.09. The molecule has 114 valence electrons. The number of hydrogen-bond acceptors (Lipinski definition) is 5. The van der Waals surface area contributed by atoms with Gasteiger partial charge in [-0.2, -0.15) is 0 Å². The highest BCUT2D eigenvalue weighted by atomic mass is 32.2. The summed E-state index contributed by atoms with van der Waals surface area (Å²) >= 11 is 1.46. The number of rotatable bonds is 5. The van der Waals surface area contributed by atoms with Crippen molar-refractivity contribution in [1.29, 1.82) is 0 Å². The third kappa shape index (κ3) is 4.59. The number of amides is 3. The van der Waals surface area contributed by atoms with E-state index in [-0.39, 0.29) is 11.8 Å². The first-order valence-corrected chi connectivity index (χ1v) is 7.59. The van der Waals surface area contributed by atoms with Crippen molar-refractivity contribution in [3.05, 3.63) is 0 Å². The Kier molecular flexibility index (Phi) is 6.12. The van der Waals surface area contributed by atoms with Crippen molar-refractivity contribution in [2.45, 2.75) is 32.9 Å². The van der Waals surface area contributed by atoms with Gasteiger partial charge in [0.25, 0.3) is 0 Å². The van der Waals surface area contributed by atoms with E-state index in [0.29, 0.717) is 18.2 Å². The lowest BCUT2D eigenvalue weighted by molar-refractivity contribution is -0.129. The van der Waals surface area contributed by atoms with Gasteiger partial charge < -0.3 is 15.8 Å². The monoisotopic (exact) mass is 303 g/mol. The molecule has 0 aromatic rings. The summed E-state index contributed by atoms with van der Waals surface area (Å²) in [6.07, 6.45) is -0.504. The number of primary amides is 1. The number of ether oxygens (including phenoxy) is 1. The maximum Gasteiger partial charge on any atom is 0.411 e. The van der Waals surface area contributed by atoms with Crippen LogP contribution < -0.4 is 11.1 Å². The summed E-state index contributed by atoms with van der Waals surface area (Å²) in [4.78, 5) is 36.2. The van der Waals surface area contributed by atoms with E-state index in [1.54, 1.807) is 0 Å². The fourth-order valence-electron chi connectivity index (χ4n) is 1.54. The zero-order valence-electron chi connectivity index (χ0n) is 11.9. The maximum absolute atomic E-state index is 12.0. The number of hydrogen-bond donors (Lipinski definition) is 2. The van der Waals surface area contributed by atoms with Crippen molar-refractivity contribution in [3.63, 3.8) is 0 Å². The molecule has 0 aromatic carbocycles. The van der Waals surface area contributed by atoms with Gasteiger partial charge in [-0.25, -0.2) is 4.79 Å². The highest BCUT2D eigenvalue weighted by Gasteiger charge is 2.36. The first kappa shape index (κ1) is 16.6. The Bertz CT molecular complexity index is 389. The molecule has 1 rings (SSSR count). The Hall–Kier alpha value is -1.44. The molecule has 0 radical (unpaired) electrons. The molecule has 0 spiro atoms. The van der Waals surface area contributed by atoms with Gasteiger partial charge >= 0.3 is 6.09 Å². The molecular formula is C12H21N3O4S. The van der Waals surface area contributed by atoms with Crippen LogP contribution in [-0.2, 0) is 14.3 Å². The van der Waals surface area contributed by atoms with Crippen LogP contribution in [0.2, 0.25) is 0 Å². The lowest BCUT2D eigenvalue weighted by atomic mass is 10.2. The number of nitrogens with zero attached hydrogens (tertiary/aromatic N) is 1. The number of carbonyl (C=O) groups is 3. The molecular weight excluding hydrogens is 282 g/mol. The molecule has 0 aromatic heterocycles. The van der Waals surface area contributed by atoms with Crippen molar-refractivity contribution >= 4 is 29.7 Å². The van der Waals surface area contributed by atoms with E-state index in [0.717, 1.165) is 0 Å². The quantitative estimate of drug-likeness (QED) is 0.752. The molecule has 1 fully saturated rings. The second-order valence-electron chi connectivity index (χ2n) is 5.09. The van der Waals surface area contributed by atoms with Crippen LogP contribution in [0.25, 0.3) is 0 Å². The van der Waals surface area contributed by atoms with E-state index in [4.69, 9.17) is 10.5 Å². The smallest absolute Gasteiger partial charge is 0.411 e. The highest BCUT2D eigenvalue weighted by Crippen LogP contribution is 2.22. The second kappa shape index (κ2) is 7.37. The van der Waals surface area contributed by atoms with Gasteiger partial charge in [0, 0.05) is 5.75 Å². The van der Waals surface area contributed by atoms with Crippen molar-refractivity contribution < 1.29 is 19.1 Å².